The van der Waals surface area contributed by atoms with E-state index in [0.717, 1.165) is 18.6 Å². The first-order valence-electron chi connectivity index (χ1n) is 6.71. The van der Waals surface area contributed by atoms with Crippen LogP contribution in [0.25, 0.3) is 0 Å². The molecule has 6 heteroatoms. The summed E-state index contributed by atoms with van der Waals surface area (Å²) >= 11 is 0. The van der Waals surface area contributed by atoms with Crippen molar-refractivity contribution < 1.29 is 17.2 Å². The largest absolute Gasteiger partial charge is 0.312 e. The molecule has 20 heavy (non-hydrogen) atoms. The van der Waals surface area contributed by atoms with Crippen LogP contribution in [0, 0.1) is 18.6 Å². The first-order valence-corrected chi connectivity index (χ1v) is 8.42. The molecule has 0 spiro atoms. The molecular formula is C14H19F2NO2S. The molecule has 3 nitrogen and oxygen atoms in total. The summed E-state index contributed by atoms with van der Waals surface area (Å²) in [5.41, 5.74) is 0.304. The minimum absolute atomic E-state index is 0.0890. The van der Waals surface area contributed by atoms with Gasteiger partial charge in [-0.25, -0.2) is 17.2 Å². The van der Waals surface area contributed by atoms with Crippen molar-refractivity contribution >= 4 is 9.84 Å². The Bertz CT molecular complexity index is 601. The zero-order valence-corrected chi connectivity index (χ0v) is 12.4. The van der Waals surface area contributed by atoms with E-state index in [2.05, 4.69) is 5.32 Å². The van der Waals surface area contributed by atoms with E-state index in [1.165, 1.54) is 6.92 Å². The van der Waals surface area contributed by atoms with Crippen LogP contribution in [0.15, 0.2) is 12.1 Å². The van der Waals surface area contributed by atoms with Gasteiger partial charge in [-0.15, -0.1) is 0 Å². The normalized spacial score (nSPS) is 23.5. The van der Waals surface area contributed by atoms with E-state index >= 15 is 0 Å². The van der Waals surface area contributed by atoms with Crippen LogP contribution in [-0.2, 0) is 9.84 Å². The second kappa shape index (κ2) is 5.77. The molecule has 0 radical (unpaired) electrons. The Morgan fingerprint density at radius 2 is 1.95 bits per heavy atom. The number of hydrogen-bond donors (Lipinski definition) is 1. The molecule has 0 amide bonds. The maximum absolute atomic E-state index is 14.1. The van der Waals surface area contributed by atoms with Crippen LogP contribution >= 0.6 is 0 Å². The van der Waals surface area contributed by atoms with E-state index in [0.29, 0.717) is 12.8 Å². The number of benzene rings is 1. The van der Waals surface area contributed by atoms with Gasteiger partial charge in [-0.3, -0.25) is 0 Å². The predicted molar refractivity (Wildman–Crippen MR) is 74.3 cm³/mol. The molecule has 1 fully saturated rings. The maximum Gasteiger partial charge on any atom is 0.155 e. The Hall–Kier alpha value is -1.01. The molecule has 1 aliphatic heterocycles. The van der Waals surface area contributed by atoms with Crippen LogP contribution < -0.4 is 5.32 Å². The SMILES string of the molecule is CNC(c1cc(F)c(C)cc1F)C1CCCCS1(=O)=O. The molecule has 2 rings (SSSR count). The van der Waals surface area contributed by atoms with Crippen LogP contribution in [-0.4, -0.2) is 26.5 Å². The van der Waals surface area contributed by atoms with E-state index in [9.17, 15) is 17.2 Å². The van der Waals surface area contributed by atoms with E-state index in [-0.39, 0.29) is 16.9 Å². The second-order valence-electron chi connectivity index (χ2n) is 5.29. The molecule has 112 valence electrons. The van der Waals surface area contributed by atoms with Crippen molar-refractivity contribution in [2.45, 2.75) is 37.5 Å². The Labute approximate surface area is 118 Å². The highest BCUT2D eigenvalue weighted by Gasteiger charge is 2.37. The molecule has 2 unspecified atom stereocenters. The fraction of sp³-hybridized carbons (Fsp3) is 0.571. The Balaban J connectivity index is 2.45. The van der Waals surface area contributed by atoms with Crippen LogP contribution in [0.5, 0.6) is 0 Å². The number of aryl methyl sites for hydroxylation is 1. The Kier molecular flexibility index (Phi) is 4.44. The summed E-state index contributed by atoms with van der Waals surface area (Å²) in [6.07, 6.45) is 1.90. The standard InChI is InChI=1S/C14H19F2NO2S/c1-9-7-12(16)10(8-11(9)15)14(17-2)13-5-3-4-6-20(13,18)19/h7-8,13-14,17H,3-6H2,1-2H3. The topological polar surface area (TPSA) is 46.2 Å². The molecule has 0 saturated carbocycles. The summed E-state index contributed by atoms with van der Waals surface area (Å²) in [5.74, 6) is -0.967. The van der Waals surface area contributed by atoms with Crippen molar-refractivity contribution in [2.75, 3.05) is 12.8 Å². The average Bonchev–Trinajstić information content (AvgIpc) is 2.37. The van der Waals surface area contributed by atoms with Gasteiger partial charge in [0.1, 0.15) is 11.6 Å². The monoisotopic (exact) mass is 303 g/mol. The molecule has 0 aromatic heterocycles. The Morgan fingerprint density at radius 3 is 2.55 bits per heavy atom. The number of halogens is 2. The molecule has 1 aromatic rings. The smallest absolute Gasteiger partial charge is 0.155 e. The second-order valence-corrected chi connectivity index (χ2v) is 7.63. The molecule has 1 N–H and O–H groups in total. The van der Waals surface area contributed by atoms with Crippen molar-refractivity contribution in [3.8, 4) is 0 Å². The van der Waals surface area contributed by atoms with Gasteiger partial charge in [-0.2, -0.15) is 0 Å². The highest BCUT2D eigenvalue weighted by Crippen LogP contribution is 2.32. The first-order chi connectivity index (χ1) is 9.36. The van der Waals surface area contributed by atoms with Gasteiger partial charge in [-0.05, 0) is 44.5 Å². The lowest BCUT2D eigenvalue weighted by Gasteiger charge is -2.30. The fourth-order valence-electron chi connectivity index (χ4n) is 2.80. The third kappa shape index (κ3) is 2.86. The van der Waals surface area contributed by atoms with Gasteiger partial charge < -0.3 is 5.32 Å². The van der Waals surface area contributed by atoms with Crippen molar-refractivity contribution in [3.05, 3.63) is 34.9 Å². The lowest BCUT2D eigenvalue weighted by molar-refractivity contribution is 0.451. The number of nitrogens with one attached hydrogen (secondary N) is 1. The fourth-order valence-corrected chi connectivity index (χ4v) is 4.93. The molecule has 1 saturated heterocycles. The van der Waals surface area contributed by atoms with E-state index in [1.54, 1.807) is 7.05 Å². The molecule has 1 aliphatic rings. The van der Waals surface area contributed by atoms with Crippen LogP contribution in [0.1, 0.15) is 36.4 Å². The highest BCUT2D eigenvalue weighted by molar-refractivity contribution is 7.92. The Morgan fingerprint density at radius 1 is 1.25 bits per heavy atom. The van der Waals surface area contributed by atoms with Crippen LogP contribution in [0.3, 0.4) is 0 Å². The van der Waals surface area contributed by atoms with Crippen LogP contribution in [0.4, 0.5) is 8.78 Å². The third-order valence-corrected chi connectivity index (χ3v) is 6.21. The zero-order valence-electron chi connectivity index (χ0n) is 11.6. The summed E-state index contributed by atoms with van der Waals surface area (Å²) in [7, 11) is -1.70. The van der Waals surface area contributed by atoms with Crippen molar-refractivity contribution in [1.29, 1.82) is 0 Å². The van der Waals surface area contributed by atoms with Gasteiger partial charge in [0.25, 0.3) is 0 Å². The lowest BCUT2D eigenvalue weighted by atomic mass is 9.98. The maximum atomic E-state index is 14.1. The van der Waals surface area contributed by atoms with Crippen molar-refractivity contribution in [2.24, 2.45) is 0 Å². The van der Waals surface area contributed by atoms with E-state index in [1.807, 2.05) is 0 Å². The van der Waals surface area contributed by atoms with Gasteiger partial charge in [0.05, 0.1) is 17.0 Å². The molecule has 0 aliphatic carbocycles. The minimum Gasteiger partial charge on any atom is -0.312 e. The summed E-state index contributed by atoms with van der Waals surface area (Å²) in [5, 5.41) is 2.15. The van der Waals surface area contributed by atoms with Crippen molar-refractivity contribution in [3.63, 3.8) is 0 Å². The number of hydrogen-bond acceptors (Lipinski definition) is 3. The third-order valence-electron chi connectivity index (χ3n) is 3.92. The molecule has 2 atom stereocenters. The molecule has 1 aromatic carbocycles. The summed E-state index contributed by atoms with van der Waals surface area (Å²) in [6, 6.07) is 1.51. The lowest BCUT2D eigenvalue weighted by Crippen LogP contribution is -2.39. The molecule has 1 heterocycles. The van der Waals surface area contributed by atoms with Gasteiger partial charge in [0.2, 0.25) is 0 Å². The van der Waals surface area contributed by atoms with Gasteiger partial charge >= 0.3 is 0 Å². The average molecular weight is 303 g/mol. The van der Waals surface area contributed by atoms with Crippen molar-refractivity contribution in [1.82, 2.24) is 5.32 Å². The summed E-state index contributed by atoms with van der Waals surface area (Å²) < 4.78 is 52.1. The van der Waals surface area contributed by atoms with Gasteiger partial charge in [0, 0.05) is 5.56 Å². The minimum atomic E-state index is -3.27. The molecule has 0 bridgehead atoms. The summed E-state index contributed by atoms with van der Waals surface area (Å²) in [6.45, 7) is 1.48. The van der Waals surface area contributed by atoms with Gasteiger partial charge in [-0.1, -0.05) is 6.42 Å². The first kappa shape index (κ1) is 15.4. The van der Waals surface area contributed by atoms with Gasteiger partial charge in [0.15, 0.2) is 9.84 Å². The predicted octanol–water partition coefficient (Wildman–Crippen LogP) is 2.50. The quantitative estimate of drug-likeness (QED) is 0.933. The molecular weight excluding hydrogens is 284 g/mol. The van der Waals surface area contributed by atoms with E-state index in [4.69, 9.17) is 0 Å². The van der Waals surface area contributed by atoms with Crippen LogP contribution in [0.2, 0.25) is 0 Å². The highest BCUT2D eigenvalue weighted by atomic mass is 32.2. The van der Waals surface area contributed by atoms with E-state index < -0.39 is 32.8 Å². The summed E-state index contributed by atoms with van der Waals surface area (Å²) in [4.78, 5) is 0. The number of rotatable bonds is 3. The number of sulfone groups is 1. The zero-order chi connectivity index (χ0) is 14.9.